The fourth-order valence-corrected chi connectivity index (χ4v) is 2.78. The predicted molar refractivity (Wildman–Crippen MR) is 81.0 cm³/mol. The van der Waals surface area contributed by atoms with E-state index in [-0.39, 0.29) is 22.6 Å². The van der Waals surface area contributed by atoms with Crippen molar-refractivity contribution in [2.45, 2.75) is 32.6 Å². The molecule has 1 saturated carbocycles. The number of carboxylic acid groups (broad SMARTS) is 1. The Morgan fingerprint density at radius 3 is 2.64 bits per heavy atom. The third kappa shape index (κ3) is 3.62. The molecule has 1 amide bonds. The van der Waals surface area contributed by atoms with Gasteiger partial charge in [0.2, 0.25) is 0 Å². The Hall–Kier alpha value is -1.95. The van der Waals surface area contributed by atoms with Gasteiger partial charge in [-0.3, -0.25) is 4.79 Å². The van der Waals surface area contributed by atoms with Gasteiger partial charge in [0.1, 0.15) is 5.69 Å². The molecule has 1 heterocycles. The molecule has 0 bridgehead atoms. The molecule has 2 N–H and O–H groups in total. The average molecular weight is 306 g/mol. The fourth-order valence-electron chi connectivity index (χ4n) is 2.78. The fraction of sp³-hybridized carbons (Fsp3) is 0.562. The van der Waals surface area contributed by atoms with Crippen LogP contribution in [-0.2, 0) is 4.74 Å². The Balaban J connectivity index is 1.97. The van der Waals surface area contributed by atoms with E-state index in [4.69, 9.17) is 9.84 Å². The molecule has 1 aromatic heterocycles. The van der Waals surface area contributed by atoms with Crippen LogP contribution >= 0.6 is 0 Å². The number of carboxylic acids is 1. The van der Waals surface area contributed by atoms with Crippen LogP contribution in [-0.4, -0.2) is 42.2 Å². The molecule has 1 aliphatic carbocycles. The number of aryl methyl sites for hydroxylation is 1. The largest absolute Gasteiger partial charge is 0.478 e. The molecule has 1 aliphatic rings. The van der Waals surface area contributed by atoms with Gasteiger partial charge in [-0.2, -0.15) is 0 Å². The second-order valence-electron chi connectivity index (χ2n) is 5.91. The van der Waals surface area contributed by atoms with Crippen molar-refractivity contribution in [3.05, 3.63) is 29.1 Å². The molecular formula is C16H22N2O4. The highest BCUT2D eigenvalue weighted by molar-refractivity contribution is 5.94. The highest BCUT2D eigenvalue weighted by atomic mass is 16.5. The van der Waals surface area contributed by atoms with Gasteiger partial charge in [0.15, 0.2) is 0 Å². The molecule has 2 rings (SSSR count). The minimum absolute atomic E-state index is 0.118. The number of carbonyl (C=O) groups excluding carboxylic acids is 1. The molecule has 6 heteroatoms. The van der Waals surface area contributed by atoms with Gasteiger partial charge < -0.3 is 15.2 Å². The Labute approximate surface area is 129 Å². The summed E-state index contributed by atoms with van der Waals surface area (Å²) in [6.45, 7) is 2.89. The molecule has 120 valence electrons. The molecule has 0 spiro atoms. The first-order chi connectivity index (χ1) is 10.5. The molecule has 0 aromatic carbocycles. The van der Waals surface area contributed by atoms with Gasteiger partial charge in [0.25, 0.3) is 5.91 Å². The smallest absolute Gasteiger partial charge is 0.337 e. The van der Waals surface area contributed by atoms with Gasteiger partial charge in [-0.05, 0) is 43.7 Å². The highest BCUT2D eigenvalue weighted by Gasteiger charge is 2.36. The van der Waals surface area contributed by atoms with E-state index in [1.165, 1.54) is 18.6 Å². The number of nitrogens with one attached hydrogen (secondary N) is 1. The van der Waals surface area contributed by atoms with Gasteiger partial charge in [0, 0.05) is 20.3 Å². The number of amides is 1. The normalized spacial score (nSPS) is 15.9. The van der Waals surface area contributed by atoms with Crippen molar-refractivity contribution < 1.29 is 19.4 Å². The van der Waals surface area contributed by atoms with Crippen molar-refractivity contribution in [3.63, 3.8) is 0 Å². The van der Waals surface area contributed by atoms with E-state index >= 15 is 0 Å². The summed E-state index contributed by atoms with van der Waals surface area (Å²) >= 11 is 0. The van der Waals surface area contributed by atoms with E-state index in [0.717, 1.165) is 19.3 Å². The molecule has 0 atom stereocenters. The van der Waals surface area contributed by atoms with E-state index < -0.39 is 5.97 Å². The molecule has 22 heavy (non-hydrogen) atoms. The summed E-state index contributed by atoms with van der Waals surface area (Å²) in [5.41, 5.74) is 0.857. The monoisotopic (exact) mass is 306 g/mol. The lowest BCUT2D eigenvalue weighted by molar-refractivity contribution is 0.0629. The maximum Gasteiger partial charge on any atom is 0.337 e. The SMILES string of the molecule is COCCC1(CNC(=O)c2ccc(C(=O)O)c(C)n2)CCC1. The quantitative estimate of drug-likeness (QED) is 0.804. The van der Waals surface area contributed by atoms with Gasteiger partial charge >= 0.3 is 5.97 Å². The zero-order chi connectivity index (χ0) is 16.2. The summed E-state index contributed by atoms with van der Waals surface area (Å²) in [6, 6.07) is 2.87. The summed E-state index contributed by atoms with van der Waals surface area (Å²) in [6.07, 6.45) is 4.32. The lowest BCUT2D eigenvalue weighted by Gasteiger charge is -2.42. The molecule has 1 fully saturated rings. The van der Waals surface area contributed by atoms with Crippen molar-refractivity contribution in [1.82, 2.24) is 10.3 Å². The van der Waals surface area contributed by atoms with Crippen LogP contribution in [0.1, 0.15) is 52.2 Å². The number of carbonyl (C=O) groups is 2. The maximum absolute atomic E-state index is 12.2. The molecule has 1 aromatic rings. The zero-order valence-electron chi connectivity index (χ0n) is 13.0. The molecule has 0 aliphatic heterocycles. The highest BCUT2D eigenvalue weighted by Crippen LogP contribution is 2.43. The van der Waals surface area contributed by atoms with Gasteiger partial charge in [-0.1, -0.05) is 6.42 Å². The van der Waals surface area contributed by atoms with Crippen molar-refractivity contribution in [2.75, 3.05) is 20.3 Å². The summed E-state index contributed by atoms with van der Waals surface area (Å²) in [7, 11) is 1.68. The molecular weight excluding hydrogens is 284 g/mol. The Kier molecular flexibility index (Phi) is 5.13. The number of pyridine rings is 1. The first-order valence-corrected chi connectivity index (χ1v) is 7.45. The number of nitrogens with zero attached hydrogens (tertiary/aromatic N) is 1. The zero-order valence-corrected chi connectivity index (χ0v) is 13.0. The second-order valence-corrected chi connectivity index (χ2v) is 5.91. The minimum atomic E-state index is -1.04. The van der Waals surface area contributed by atoms with Gasteiger partial charge in [-0.25, -0.2) is 9.78 Å². The maximum atomic E-state index is 12.2. The number of aromatic carboxylic acids is 1. The third-order valence-corrected chi connectivity index (χ3v) is 4.42. The standard InChI is InChI=1S/C16H22N2O4/c1-11-12(15(20)21)4-5-13(18-11)14(19)17-10-16(6-3-7-16)8-9-22-2/h4-5H,3,6-10H2,1-2H3,(H,17,19)(H,20,21). The Morgan fingerprint density at radius 1 is 1.41 bits per heavy atom. The van der Waals surface area contributed by atoms with Gasteiger partial charge in [0.05, 0.1) is 11.3 Å². The number of rotatable bonds is 7. The third-order valence-electron chi connectivity index (χ3n) is 4.42. The van der Waals surface area contributed by atoms with Crippen LogP contribution in [0.3, 0.4) is 0 Å². The first-order valence-electron chi connectivity index (χ1n) is 7.45. The van der Waals surface area contributed by atoms with Crippen molar-refractivity contribution in [2.24, 2.45) is 5.41 Å². The van der Waals surface area contributed by atoms with Crippen LogP contribution in [0.4, 0.5) is 0 Å². The Bertz CT molecular complexity index is 567. The number of aromatic nitrogens is 1. The summed E-state index contributed by atoms with van der Waals surface area (Å²) in [5, 5.41) is 11.9. The van der Waals surface area contributed by atoms with Crippen molar-refractivity contribution >= 4 is 11.9 Å². The summed E-state index contributed by atoms with van der Waals surface area (Å²) < 4.78 is 5.14. The Morgan fingerprint density at radius 2 is 2.14 bits per heavy atom. The van der Waals surface area contributed by atoms with Crippen LogP contribution in [0.25, 0.3) is 0 Å². The van der Waals surface area contributed by atoms with E-state index in [9.17, 15) is 9.59 Å². The lowest BCUT2D eigenvalue weighted by Crippen LogP contribution is -2.43. The topological polar surface area (TPSA) is 88.5 Å². The van der Waals surface area contributed by atoms with Crippen LogP contribution < -0.4 is 5.32 Å². The van der Waals surface area contributed by atoms with E-state index in [0.29, 0.717) is 18.8 Å². The van der Waals surface area contributed by atoms with E-state index in [1.807, 2.05) is 0 Å². The van der Waals surface area contributed by atoms with Crippen LogP contribution in [0.2, 0.25) is 0 Å². The molecule has 0 saturated heterocycles. The molecule has 0 unspecified atom stereocenters. The van der Waals surface area contributed by atoms with Crippen LogP contribution in [0.5, 0.6) is 0 Å². The number of hydrogen-bond donors (Lipinski definition) is 2. The van der Waals surface area contributed by atoms with Crippen molar-refractivity contribution in [1.29, 1.82) is 0 Å². The van der Waals surface area contributed by atoms with E-state index in [2.05, 4.69) is 10.3 Å². The number of hydrogen-bond acceptors (Lipinski definition) is 4. The van der Waals surface area contributed by atoms with Crippen LogP contribution in [0, 0.1) is 12.3 Å². The second kappa shape index (κ2) is 6.87. The first kappa shape index (κ1) is 16.4. The number of ether oxygens (including phenoxy) is 1. The van der Waals surface area contributed by atoms with Gasteiger partial charge in [-0.15, -0.1) is 0 Å². The predicted octanol–water partition coefficient (Wildman–Crippen LogP) is 2.02. The summed E-state index contributed by atoms with van der Waals surface area (Å²) in [5.74, 6) is -1.30. The molecule has 0 radical (unpaired) electrons. The lowest BCUT2D eigenvalue weighted by atomic mass is 9.67. The average Bonchev–Trinajstić information content (AvgIpc) is 2.45. The number of methoxy groups -OCH3 is 1. The molecule has 6 nitrogen and oxygen atoms in total. The minimum Gasteiger partial charge on any atom is -0.478 e. The van der Waals surface area contributed by atoms with Crippen molar-refractivity contribution in [3.8, 4) is 0 Å². The van der Waals surface area contributed by atoms with Crippen LogP contribution in [0.15, 0.2) is 12.1 Å². The van der Waals surface area contributed by atoms with E-state index in [1.54, 1.807) is 14.0 Å². The summed E-state index contributed by atoms with van der Waals surface area (Å²) in [4.78, 5) is 27.2.